The van der Waals surface area contributed by atoms with Crippen LogP contribution < -0.4 is 0 Å². The van der Waals surface area contributed by atoms with E-state index in [9.17, 15) is 18.9 Å². The molecular formula is C11H5F2N3O2S2. The van der Waals surface area contributed by atoms with Gasteiger partial charge in [0, 0.05) is 5.38 Å². The monoisotopic (exact) mass is 313 g/mol. The highest BCUT2D eigenvalue weighted by Gasteiger charge is 2.25. The number of halogens is 2. The Labute approximate surface area is 119 Å². The summed E-state index contributed by atoms with van der Waals surface area (Å²) >= 11 is 1.96. The minimum absolute atomic E-state index is 0.0337. The molecule has 0 bridgehead atoms. The molecule has 3 aromatic rings. The molecule has 0 spiro atoms. The van der Waals surface area contributed by atoms with Gasteiger partial charge in [0.25, 0.3) is 4.96 Å². The second-order valence-corrected chi connectivity index (χ2v) is 5.63. The standard InChI is InChI=1S/C11H5F2N3O2S2/c12-6-1-2-7(13)8(5-6)20-9-10(16(17)18)15-3-4-19-11(15)14-9/h1-5H. The van der Waals surface area contributed by atoms with Gasteiger partial charge in [-0.1, -0.05) is 23.1 Å². The molecule has 0 saturated heterocycles. The van der Waals surface area contributed by atoms with Gasteiger partial charge in [-0.2, -0.15) is 9.38 Å². The van der Waals surface area contributed by atoms with Crippen molar-refractivity contribution < 1.29 is 13.7 Å². The third-order valence-corrected chi connectivity index (χ3v) is 4.24. The fourth-order valence-electron chi connectivity index (χ4n) is 1.65. The molecule has 3 rings (SSSR count). The number of nitro groups is 1. The molecule has 1 aromatic carbocycles. The number of thiazole rings is 1. The Bertz CT molecular complexity index is 815. The van der Waals surface area contributed by atoms with E-state index in [0.29, 0.717) is 4.96 Å². The second-order valence-electron chi connectivity index (χ2n) is 3.73. The van der Waals surface area contributed by atoms with Crippen LogP contribution in [0.1, 0.15) is 0 Å². The Morgan fingerprint density at radius 1 is 1.40 bits per heavy atom. The Kier molecular flexibility index (Phi) is 3.14. The van der Waals surface area contributed by atoms with Crippen LogP contribution in [0.5, 0.6) is 0 Å². The van der Waals surface area contributed by atoms with Crippen molar-refractivity contribution in [2.75, 3.05) is 0 Å². The first-order chi connectivity index (χ1) is 9.56. The average Bonchev–Trinajstić information content (AvgIpc) is 2.93. The molecule has 0 radical (unpaired) electrons. The molecule has 5 nitrogen and oxygen atoms in total. The van der Waals surface area contributed by atoms with E-state index in [1.165, 1.54) is 21.9 Å². The molecule has 0 unspecified atom stereocenters. The first-order valence-electron chi connectivity index (χ1n) is 5.29. The zero-order valence-electron chi connectivity index (χ0n) is 9.62. The first kappa shape index (κ1) is 13.0. The average molecular weight is 313 g/mol. The SMILES string of the molecule is O=[N+]([O-])c1c(Sc2cc(F)ccc2F)nc2sccn12. The van der Waals surface area contributed by atoms with Crippen LogP contribution in [-0.2, 0) is 0 Å². The number of imidazole rings is 1. The Hall–Kier alpha value is -2.00. The summed E-state index contributed by atoms with van der Waals surface area (Å²) in [7, 11) is 0. The maximum Gasteiger partial charge on any atom is 0.363 e. The molecule has 0 N–H and O–H groups in total. The van der Waals surface area contributed by atoms with Crippen LogP contribution in [-0.4, -0.2) is 14.3 Å². The number of rotatable bonds is 3. The molecule has 20 heavy (non-hydrogen) atoms. The van der Waals surface area contributed by atoms with Crippen LogP contribution in [0.3, 0.4) is 0 Å². The van der Waals surface area contributed by atoms with Crippen molar-refractivity contribution in [2.45, 2.75) is 9.92 Å². The lowest BCUT2D eigenvalue weighted by Gasteiger charge is -2.01. The highest BCUT2D eigenvalue weighted by atomic mass is 32.2. The van der Waals surface area contributed by atoms with Crippen LogP contribution in [0.2, 0.25) is 0 Å². The molecule has 0 aliphatic rings. The molecule has 102 valence electrons. The lowest BCUT2D eigenvalue weighted by molar-refractivity contribution is -0.393. The Morgan fingerprint density at radius 2 is 2.20 bits per heavy atom. The highest BCUT2D eigenvalue weighted by molar-refractivity contribution is 7.99. The molecule has 0 aliphatic carbocycles. The molecule has 0 amide bonds. The third-order valence-electron chi connectivity index (χ3n) is 2.48. The van der Waals surface area contributed by atoms with Crippen LogP contribution in [0.25, 0.3) is 4.96 Å². The minimum atomic E-state index is -0.651. The van der Waals surface area contributed by atoms with E-state index in [1.807, 2.05) is 0 Å². The van der Waals surface area contributed by atoms with Crippen molar-refractivity contribution in [3.63, 3.8) is 0 Å². The lowest BCUT2D eigenvalue weighted by atomic mass is 10.3. The quantitative estimate of drug-likeness (QED) is 0.546. The molecule has 9 heteroatoms. The van der Waals surface area contributed by atoms with E-state index in [2.05, 4.69) is 4.98 Å². The number of fused-ring (bicyclic) bond motifs is 1. The van der Waals surface area contributed by atoms with Gasteiger partial charge in [-0.05, 0) is 23.1 Å². The third kappa shape index (κ3) is 2.14. The second kappa shape index (κ2) is 4.84. The maximum absolute atomic E-state index is 13.6. The summed E-state index contributed by atoms with van der Waals surface area (Å²) in [4.78, 5) is 15.0. The van der Waals surface area contributed by atoms with Gasteiger partial charge < -0.3 is 10.1 Å². The number of aromatic nitrogens is 2. The number of nitrogens with zero attached hydrogens (tertiary/aromatic N) is 3. The van der Waals surface area contributed by atoms with Gasteiger partial charge in [0.05, 0.1) is 4.90 Å². The van der Waals surface area contributed by atoms with Gasteiger partial charge in [0.15, 0.2) is 0 Å². The van der Waals surface area contributed by atoms with Crippen LogP contribution in [0.4, 0.5) is 14.6 Å². The topological polar surface area (TPSA) is 60.4 Å². The highest BCUT2D eigenvalue weighted by Crippen LogP contribution is 2.37. The Balaban J connectivity index is 2.10. The summed E-state index contributed by atoms with van der Waals surface area (Å²) in [6.07, 6.45) is 1.51. The normalized spacial score (nSPS) is 11.1. The van der Waals surface area contributed by atoms with E-state index >= 15 is 0 Å². The number of benzene rings is 1. The van der Waals surface area contributed by atoms with E-state index < -0.39 is 16.6 Å². The van der Waals surface area contributed by atoms with Gasteiger partial charge in [-0.3, -0.25) is 0 Å². The van der Waals surface area contributed by atoms with Crippen molar-refractivity contribution in [1.82, 2.24) is 9.38 Å². The van der Waals surface area contributed by atoms with E-state index in [4.69, 9.17) is 0 Å². The number of hydrogen-bond donors (Lipinski definition) is 0. The summed E-state index contributed by atoms with van der Waals surface area (Å²) in [5.41, 5.74) is 0. The molecule has 2 heterocycles. The van der Waals surface area contributed by atoms with Crippen molar-refractivity contribution in [3.8, 4) is 0 Å². The summed E-state index contributed by atoms with van der Waals surface area (Å²) in [5, 5.41) is 12.8. The van der Waals surface area contributed by atoms with E-state index in [-0.39, 0.29) is 15.7 Å². The summed E-state index contributed by atoms with van der Waals surface area (Å²) in [5.74, 6) is -1.52. The summed E-state index contributed by atoms with van der Waals surface area (Å²) in [6.45, 7) is 0. The predicted molar refractivity (Wildman–Crippen MR) is 70.2 cm³/mol. The molecule has 0 saturated carbocycles. The minimum Gasteiger partial charge on any atom is -0.358 e. The summed E-state index contributed by atoms with van der Waals surface area (Å²) in [6, 6.07) is 2.94. The predicted octanol–water partition coefficient (Wildman–Crippen LogP) is 3.73. The molecule has 0 fully saturated rings. The van der Waals surface area contributed by atoms with Gasteiger partial charge >= 0.3 is 5.82 Å². The smallest absolute Gasteiger partial charge is 0.358 e. The lowest BCUT2D eigenvalue weighted by Crippen LogP contribution is -1.94. The van der Waals surface area contributed by atoms with Crippen LogP contribution >= 0.6 is 23.1 Å². The van der Waals surface area contributed by atoms with Crippen molar-refractivity contribution in [3.05, 3.63) is 51.5 Å². The fourth-order valence-corrected chi connectivity index (χ4v) is 3.36. The van der Waals surface area contributed by atoms with Crippen molar-refractivity contribution in [1.29, 1.82) is 0 Å². The summed E-state index contributed by atoms with van der Waals surface area (Å²) < 4.78 is 28.0. The zero-order chi connectivity index (χ0) is 14.3. The van der Waals surface area contributed by atoms with Crippen molar-refractivity contribution in [2.24, 2.45) is 0 Å². The van der Waals surface area contributed by atoms with Gasteiger partial charge in [0.2, 0.25) is 5.03 Å². The van der Waals surface area contributed by atoms with Crippen LogP contribution in [0, 0.1) is 21.7 Å². The first-order valence-corrected chi connectivity index (χ1v) is 6.98. The van der Waals surface area contributed by atoms with Crippen molar-refractivity contribution >= 4 is 33.9 Å². The zero-order valence-corrected chi connectivity index (χ0v) is 11.3. The van der Waals surface area contributed by atoms with Gasteiger partial charge in [0.1, 0.15) is 17.8 Å². The molecule has 0 atom stereocenters. The Morgan fingerprint density at radius 3 is 2.95 bits per heavy atom. The molecule has 0 aliphatic heterocycles. The number of hydrogen-bond acceptors (Lipinski definition) is 5. The van der Waals surface area contributed by atoms with Gasteiger partial charge in [-0.15, -0.1) is 0 Å². The van der Waals surface area contributed by atoms with E-state index in [1.54, 1.807) is 5.38 Å². The van der Waals surface area contributed by atoms with Gasteiger partial charge in [-0.25, -0.2) is 8.78 Å². The largest absolute Gasteiger partial charge is 0.363 e. The fraction of sp³-hybridized carbons (Fsp3) is 0. The maximum atomic E-state index is 13.6. The molecular weight excluding hydrogens is 308 g/mol. The van der Waals surface area contributed by atoms with Crippen LogP contribution in [0.15, 0.2) is 39.7 Å². The van der Waals surface area contributed by atoms with E-state index in [0.717, 1.165) is 30.0 Å². The molecule has 2 aromatic heterocycles.